The van der Waals surface area contributed by atoms with E-state index in [1.807, 2.05) is 19.2 Å². The molecule has 2 heterocycles. The normalized spacial score (nSPS) is 12.4. The van der Waals surface area contributed by atoms with Gasteiger partial charge in [-0.1, -0.05) is 18.2 Å². The van der Waals surface area contributed by atoms with Gasteiger partial charge in [0, 0.05) is 24.3 Å². The number of carbonyl (C=O) groups excluding carboxylic acids is 1. The van der Waals surface area contributed by atoms with E-state index in [9.17, 15) is 4.79 Å². The number of esters is 1. The number of anilines is 1. The quantitative estimate of drug-likeness (QED) is 0.436. The third kappa shape index (κ3) is 4.59. The number of benzene rings is 2. The molecule has 0 spiro atoms. The monoisotopic (exact) mass is 416 g/mol. The van der Waals surface area contributed by atoms with Gasteiger partial charge < -0.3 is 15.0 Å². The Labute approximate surface area is 183 Å². The van der Waals surface area contributed by atoms with Gasteiger partial charge in [0.05, 0.1) is 24.4 Å². The molecule has 6 nitrogen and oxygen atoms in total. The lowest BCUT2D eigenvalue weighted by Gasteiger charge is -2.16. The maximum atomic E-state index is 12.6. The van der Waals surface area contributed by atoms with E-state index in [0.29, 0.717) is 12.2 Å². The molecule has 0 saturated heterocycles. The Kier molecular flexibility index (Phi) is 6.28. The van der Waals surface area contributed by atoms with Crippen molar-refractivity contribution in [2.75, 3.05) is 39.1 Å². The first-order valence-electron chi connectivity index (χ1n) is 10.7. The average molecular weight is 417 g/mol. The van der Waals surface area contributed by atoms with Crippen LogP contribution in [0.2, 0.25) is 0 Å². The van der Waals surface area contributed by atoms with E-state index in [-0.39, 0.29) is 5.97 Å². The van der Waals surface area contributed by atoms with E-state index < -0.39 is 0 Å². The van der Waals surface area contributed by atoms with E-state index >= 15 is 0 Å². The third-order valence-electron chi connectivity index (χ3n) is 5.42. The van der Waals surface area contributed by atoms with Gasteiger partial charge >= 0.3 is 5.97 Å². The number of aromatic nitrogens is 1. The molecule has 0 saturated carbocycles. The van der Waals surface area contributed by atoms with E-state index in [0.717, 1.165) is 59.3 Å². The van der Waals surface area contributed by atoms with Gasteiger partial charge in [-0.2, -0.15) is 0 Å². The Morgan fingerprint density at radius 1 is 1.16 bits per heavy atom. The lowest BCUT2D eigenvalue weighted by molar-refractivity contribution is 0.0527. The van der Waals surface area contributed by atoms with Gasteiger partial charge in [0.25, 0.3) is 0 Å². The van der Waals surface area contributed by atoms with Crippen LogP contribution in [0.4, 0.5) is 5.69 Å². The predicted molar refractivity (Wildman–Crippen MR) is 126 cm³/mol. The molecule has 0 fully saturated rings. The fourth-order valence-corrected chi connectivity index (χ4v) is 3.82. The van der Waals surface area contributed by atoms with Gasteiger partial charge in [0.1, 0.15) is 5.56 Å². The van der Waals surface area contributed by atoms with E-state index in [1.165, 1.54) is 5.56 Å². The van der Waals surface area contributed by atoms with Crippen molar-refractivity contribution in [3.63, 3.8) is 0 Å². The van der Waals surface area contributed by atoms with Crippen molar-refractivity contribution in [3.05, 3.63) is 59.3 Å². The Balaban J connectivity index is 1.75. The number of fused-ring (bicyclic) bond motifs is 2. The highest BCUT2D eigenvalue weighted by Gasteiger charge is 2.17. The molecule has 0 radical (unpaired) electrons. The summed E-state index contributed by atoms with van der Waals surface area (Å²) >= 11 is 0. The highest BCUT2D eigenvalue weighted by atomic mass is 16.5. The van der Waals surface area contributed by atoms with Gasteiger partial charge in [-0.25, -0.2) is 4.79 Å². The Morgan fingerprint density at radius 3 is 2.77 bits per heavy atom. The van der Waals surface area contributed by atoms with Crippen molar-refractivity contribution in [2.24, 2.45) is 4.99 Å². The number of hydrogen-bond donors (Lipinski definition) is 1. The number of nitrogens with zero attached hydrogens (tertiary/aromatic N) is 3. The largest absolute Gasteiger partial charge is 0.462 e. The lowest BCUT2D eigenvalue weighted by atomic mass is 9.98. The van der Waals surface area contributed by atoms with Crippen LogP contribution in [0.5, 0.6) is 0 Å². The fraction of sp³-hybridized carbons (Fsp3) is 0.320. The summed E-state index contributed by atoms with van der Waals surface area (Å²) in [6.07, 6.45) is 4.50. The van der Waals surface area contributed by atoms with Crippen molar-refractivity contribution in [1.29, 1.82) is 0 Å². The van der Waals surface area contributed by atoms with Crippen LogP contribution < -0.4 is 5.32 Å². The van der Waals surface area contributed by atoms with Crippen molar-refractivity contribution in [2.45, 2.75) is 19.9 Å². The van der Waals surface area contributed by atoms with Crippen molar-refractivity contribution in [1.82, 2.24) is 9.88 Å². The van der Waals surface area contributed by atoms with Crippen LogP contribution in [0.3, 0.4) is 0 Å². The molecule has 0 aliphatic carbocycles. The molecular formula is C25H28N4O2. The minimum Gasteiger partial charge on any atom is -0.462 e. The van der Waals surface area contributed by atoms with Gasteiger partial charge in [-0.05, 0) is 74.4 Å². The maximum absolute atomic E-state index is 12.6. The van der Waals surface area contributed by atoms with E-state index in [4.69, 9.17) is 4.74 Å². The second-order valence-corrected chi connectivity index (χ2v) is 7.97. The number of pyridine rings is 1. The molecule has 1 aromatic heterocycles. The van der Waals surface area contributed by atoms with E-state index in [2.05, 4.69) is 64.6 Å². The minimum absolute atomic E-state index is 0.327. The Morgan fingerprint density at radius 2 is 1.97 bits per heavy atom. The molecule has 0 atom stereocenters. The highest BCUT2D eigenvalue weighted by molar-refractivity contribution is 6.06. The van der Waals surface area contributed by atoms with Crippen LogP contribution >= 0.6 is 0 Å². The number of ether oxygens (including phenoxy) is 1. The summed E-state index contributed by atoms with van der Waals surface area (Å²) in [7, 11) is 4.11. The smallest absolute Gasteiger partial charge is 0.341 e. The summed E-state index contributed by atoms with van der Waals surface area (Å²) in [5, 5.41) is 4.40. The third-order valence-corrected chi connectivity index (χ3v) is 5.42. The van der Waals surface area contributed by atoms with Crippen LogP contribution in [0.25, 0.3) is 22.0 Å². The standard InChI is InChI=1S/C25H28N4O2/c1-4-31-25(30)22-16-28-23-9-8-18(17-6-7-19-14-26-15-20(19)12-17)13-21(23)24(22)27-10-5-11-29(2)3/h6-9,12-13,15-16H,4-5,10-11,14H2,1-3H3,(H,27,28). The summed E-state index contributed by atoms with van der Waals surface area (Å²) in [6, 6.07) is 12.6. The lowest BCUT2D eigenvalue weighted by Crippen LogP contribution is -2.17. The Bertz CT molecular complexity index is 1140. The predicted octanol–water partition coefficient (Wildman–Crippen LogP) is 4.37. The molecule has 1 N–H and O–H groups in total. The average Bonchev–Trinajstić information content (AvgIpc) is 3.24. The maximum Gasteiger partial charge on any atom is 0.341 e. The first-order valence-corrected chi connectivity index (χ1v) is 10.7. The number of carbonyl (C=O) groups is 1. The molecule has 2 aromatic carbocycles. The highest BCUT2D eigenvalue weighted by Crippen LogP contribution is 2.32. The first kappa shape index (κ1) is 21.0. The second kappa shape index (κ2) is 9.27. The van der Waals surface area contributed by atoms with E-state index in [1.54, 1.807) is 6.20 Å². The number of nitrogens with one attached hydrogen (secondary N) is 1. The summed E-state index contributed by atoms with van der Waals surface area (Å²) in [5.41, 5.74) is 6.71. The van der Waals surface area contributed by atoms with Gasteiger partial charge in [-0.3, -0.25) is 9.98 Å². The molecule has 1 aliphatic rings. The second-order valence-electron chi connectivity index (χ2n) is 7.97. The molecule has 31 heavy (non-hydrogen) atoms. The van der Waals surface area contributed by atoms with Gasteiger partial charge in [-0.15, -0.1) is 0 Å². The molecule has 160 valence electrons. The van der Waals surface area contributed by atoms with Crippen LogP contribution in [0, 0.1) is 0 Å². The zero-order valence-corrected chi connectivity index (χ0v) is 18.3. The molecule has 0 bridgehead atoms. The SMILES string of the molecule is CCOC(=O)c1cnc2ccc(-c3ccc4c(c3)C=NC4)cc2c1NCCCN(C)C. The minimum atomic E-state index is -0.355. The molecule has 1 aliphatic heterocycles. The summed E-state index contributed by atoms with van der Waals surface area (Å²) in [6.45, 7) is 4.61. The number of aliphatic imine (C=N–C) groups is 1. The van der Waals surface area contributed by atoms with Crippen molar-refractivity contribution >= 4 is 28.8 Å². The fourth-order valence-electron chi connectivity index (χ4n) is 3.82. The summed E-state index contributed by atoms with van der Waals surface area (Å²) < 4.78 is 5.29. The van der Waals surface area contributed by atoms with Crippen molar-refractivity contribution in [3.8, 4) is 11.1 Å². The van der Waals surface area contributed by atoms with Crippen LogP contribution in [-0.4, -0.2) is 55.9 Å². The van der Waals surface area contributed by atoms with Gasteiger partial charge in [0.15, 0.2) is 0 Å². The molecule has 4 rings (SSSR count). The van der Waals surface area contributed by atoms with Crippen LogP contribution in [0.15, 0.2) is 47.6 Å². The van der Waals surface area contributed by atoms with Gasteiger partial charge in [0.2, 0.25) is 0 Å². The Hall–Kier alpha value is -3.25. The van der Waals surface area contributed by atoms with Crippen LogP contribution in [0.1, 0.15) is 34.8 Å². The topological polar surface area (TPSA) is 66.8 Å². The summed E-state index contributed by atoms with van der Waals surface area (Å²) in [5.74, 6) is -0.355. The molecule has 3 aromatic rings. The number of hydrogen-bond acceptors (Lipinski definition) is 6. The molecular weight excluding hydrogens is 388 g/mol. The molecule has 6 heteroatoms. The van der Waals surface area contributed by atoms with Crippen molar-refractivity contribution < 1.29 is 9.53 Å². The summed E-state index contributed by atoms with van der Waals surface area (Å²) in [4.78, 5) is 23.6. The zero-order chi connectivity index (χ0) is 21.8. The molecule has 0 amide bonds. The van der Waals surface area contributed by atoms with Crippen LogP contribution in [-0.2, 0) is 11.3 Å². The first-order chi connectivity index (χ1) is 15.1. The molecule has 0 unspecified atom stereocenters. The number of rotatable bonds is 8. The zero-order valence-electron chi connectivity index (χ0n) is 18.3.